The molecule has 180 valence electrons. The Morgan fingerprint density at radius 1 is 1.09 bits per heavy atom. The Balaban J connectivity index is 1.74. The second-order valence-electron chi connectivity index (χ2n) is 8.42. The van der Waals surface area contributed by atoms with Crippen LogP contribution in [0, 0.1) is 12.7 Å². The van der Waals surface area contributed by atoms with Crippen molar-refractivity contribution < 1.29 is 14.2 Å². The highest BCUT2D eigenvalue weighted by molar-refractivity contribution is 5.65. The van der Waals surface area contributed by atoms with Gasteiger partial charge in [-0.15, -0.1) is 0 Å². The summed E-state index contributed by atoms with van der Waals surface area (Å²) < 4.78 is 19.0. The summed E-state index contributed by atoms with van der Waals surface area (Å²) in [6.07, 6.45) is 3.70. The highest BCUT2D eigenvalue weighted by atomic mass is 19.1. The number of hydrogen-bond donors (Lipinski definition) is 2. The van der Waals surface area contributed by atoms with Crippen LogP contribution >= 0.6 is 0 Å². The lowest BCUT2D eigenvalue weighted by Crippen LogP contribution is -2.16. The molecule has 2 aromatic carbocycles. The second kappa shape index (κ2) is 12.3. The molecule has 0 aliphatic carbocycles. The van der Waals surface area contributed by atoms with Gasteiger partial charge in [-0.25, -0.2) is 4.39 Å². The summed E-state index contributed by atoms with van der Waals surface area (Å²) in [5.74, 6) is 0.528. The molecule has 0 radical (unpaired) electrons. The van der Waals surface area contributed by atoms with Crippen molar-refractivity contribution in [1.29, 1.82) is 0 Å². The predicted octanol–water partition coefficient (Wildman–Crippen LogP) is 5.89. The van der Waals surface area contributed by atoms with E-state index in [0.29, 0.717) is 6.54 Å². The van der Waals surface area contributed by atoms with Gasteiger partial charge in [-0.1, -0.05) is 26.8 Å². The Hall–Kier alpha value is -3.18. The molecule has 3 rings (SSSR count). The van der Waals surface area contributed by atoms with E-state index >= 15 is 0 Å². The van der Waals surface area contributed by atoms with Gasteiger partial charge in [0.2, 0.25) is 0 Å². The lowest BCUT2D eigenvalue weighted by Gasteiger charge is -2.17. The van der Waals surface area contributed by atoms with E-state index in [1.807, 2.05) is 37.3 Å². The van der Waals surface area contributed by atoms with E-state index in [9.17, 15) is 4.39 Å². The van der Waals surface area contributed by atoms with Gasteiger partial charge in [-0.3, -0.25) is 4.98 Å². The van der Waals surface area contributed by atoms with Gasteiger partial charge in [0.15, 0.2) is 0 Å². The van der Waals surface area contributed by atoms with Gasteiger partial charge < -0.3 is 15.2 Å². The summed E-state index contributed by atoms with van der Waals surface area (Å²) in [4.78, 5) is 4.98. The minimum atomic E-state index is -0.238. The Labute approximate surface area is 202 Å². The molecule has 1 heterocycles. The van der Waals surface area contributed by atoms with Crippen molar-refractivity contribution in [3.05, 3.63) is 88.9 Å². The number of nitrogens with zero attached hydrogens (tertiary/aromatic N) is 1. The summed E-state index contributed by atoms with van der Waals surface area (Å²) in [5.41, 5.74) is 8.33. The predicted molar refractivity (Wildman–Crippen MR) is 138 cm³/mol. The van der Waals surface area contributed by atoms with Gasteiger partial charge in [0.1, 0.15) is 18.2 Å². The first-order valence-electron chi connectivity index (χ1n) is 12.0. The van der Waals surface area contributed by atoms with E-state index in [2.05, 4.69) is 31.8 Å². The summed E-state index contributed by atoms with van der Waals surface area (Å²) in [7, 11) is 0. The number of aromatic nitrogens is 1. The largest absolute Gasteiger partial charge is 0.491 e. The van der Waals surface area contributed by atoms with Crippen molar-refractivity contribution in [2.75, 3.05) is 19.8 Å². The zero-order chi connectivity index (χ0) is 24.5. The van der Waals surface area contributed by atoms with Crippen LogP contribution in [0.2, 0.25) is 0 Å². The molecule has 0 unspecified atom stereocenters. The fourth-order valence-corrected chi connectivity index (χ4v) is 4.14. The number of halogens is 1. The second-order valence-corrected chi connectivity index (χ2v) is 8.42. The fourth-order valence-electron chi connectivity index (χ4n) is 4.14. The summed E-state index contributed by atoms with van der Waals surface area (Å²) in [6, 6.07) is 14.7. The zero-order valence-corrected chi connectivity index (χ0v) is 20.5. The van der Waals surface area contributed by atoms with Crippen LogP contribution < -0.4 is 10.1 Å². The van der Waals surface area contributed by atoms with Gasteiger partial charge in [-0.2, -0.15) is 0 Å². The SMILES string of the molecule is C=C(NCCc1cc(CCC)c(CC)c(-c2ccc(F)cc2)n1)c1ccc(OCCO)c(C)c1. The topological polar surface area (TPSA) is 54.4 Å². The number of aliphatic hydroxyl groups is 1. The highest BCUT2D eigenvalue weighted by Gasteiger charge is 2.13. The van der Waals surface area contributed by atoms with Crippen molar-refractivity contribution in [1.82, 2.24) is 10.3 Å². The van der Waals surface area contributed by atoms with E-state index in [0.717, 1.165) is 65.2 Å². The van der Waals surface area contributed by atoms with E-state index in [4.69, 9.17) is 14.8 Å². The van der Waals surface area contributed by atoms with Crippen molar-refractivity contribution >= 4 is 5.70 Å². The molecule has 4 nitrogen and oxygen atoms in total. The minimum Gasteiger partial charge on any atom is -0.491 e. The van der Waals surface area contributed by atoms with E-state index in [-0.39, 0.29) is 19.0 Å². The Kier molecular flexibility index (Phi) is 9.23. The monoisotopic (exact) mass is 462 g/mol. The zero-order valence-electron chi connectivity index (χ0n) is 20.5. The lowest BCUT2D eigenvalue weighted by molar-refractivity contribution is 0.200. The standard InChI is InChI=1S/C29H35FN2O2/c1-5-7-24-19-26(32-29(27(24)6-2)22-8-11-25(30)12-9-22)14-15-31-21(4)23-10-13-28(20(3)18-23)34-17-16-33/h8-13,18-19,31,33H,4-7,14-17H2,1-3H3. The molecule has 0 atom stereocenters. The lowest BCUT2D eigenvalue weighted by atomic mass is 9.95. The van der Waals surface area contributed by atoms with Crippen molar-refractivity contribution in [2.24, 2.45) is 0 Å². The molecule has 0 aliphatic heterocycles. The number of nitrogens with one attached hydrogen (secondary N) is 1. The van der Waals surface area contributed by atoms with Crippen LogP contribution in [-0.4, -0.2) is 29.8 Å². The molecule has 2 N–H and O–H groups in total. The van der Waals surface area contributed by atoms with Crippen LogP contribution in [0.5, 0.6) is 5.75 Å². The number of ether oxygens (including phenoxy) is 1. The van der Waals surface area contributed by atoms with Crippen molar-refractivity contribution in [2.45, 2.75) is 46.5 Å². The molecule has 0 spiro atoms. The average Bonchev–Trinajstić information content (AvgIpc) is 2.83. The highest BCUT2D eigenvalue weighted by Crippen LogP contribution is 2.27. The van der Waals surface area contributed by atoms with Crippen LogP contribution in [0.1, 0.15) is 48.2 Å². The summed E-state index contributed by atoms with van der Waals surface area (Å²) >= 11 is 0. The Morgan fingerprint density at radius 3 is 2.50 bits per heavy atom. The molecule has 0 saturated heterocycles. The third-order valence-corrected chi connectivity index (χ3v) is 5.85. The summed E-state index contributed by atoms with van der Waals surface area (Å²) in [5, 5.41) is 12.4. The normalized spacial score (nSPS) is 10.9. The smallest absolute Gasteiger partial charge is 0.123 e. The van der Waals surface area contributed by atoms with Gasteiger partial charge in [0.05, 0.1) is 12.3 Å². The maximum absolute atomic E-state index is 13.5. The van der Waals surface area contributed by atoms with Gasteiger partial charge >= 0.3 is 0 Å². The number of pyridine rings is 1. The van der Waals surface area contributed by atoms with E-state index in [1.54, 1.807) is 0 Å². The van der Waals surface area contributed by atoms with Crippen molar-refractivity contribution in [3.8, 4) is 17.0 Å². The maximum Gasteiger partial charge on any atom is 0.123 e. The number of benzene rings is 2. The molecule has 0 fully saturated rings. The molecule has 0 saturated carbocycles. The third-order valence-electron chi connectivity index (χ3n) is 5.85. The van der Waals surface area contributed by atoms with Gasteiger partial charge in [-0.05, 0) is 90.6 Å². The first kappa shape index (κ1) is 25.4. The third kappa shape index (κ3) is 6.45. The van der Waals surface area contributed by atoms with Crippen LogP contribution in [-0.2, 0) is 19.3 Å². The average molecular weight is 463 g/mol. The van der Waals surface area contributed by atoms with Crippen LogP contribution in [0.4, 0.5) is 4.39 Å². The van der Waals surface area contributed by atoms with Gasteiger partial charge in [0.25, 0.3) is 0 Å². The Bertz CT molecular complexity index is 1110. The summed E-state index contributed by atoms with van der Waals surface area (Å²) in [6.45, 7) is 11.5. The molecule has 3 aromatic rings. The molecule has 0 aliphatic rings. The van der Waals surface area contributed by atoms with Crippen LogP contribution in [0.3, 0.4) is 0 Å². The molecule has 5 heteroatoms. The van der Waals surface area contributed by atoms with E-state index in [1.165, 1.54) is 23.3 Å². The maximum atomic E-state index is 13.5. The molecule has 1 aromatic heterocycles. The van der Waals surface area contributed by atoms with Crippen LogP contribution in [0.15, 0.2) is 55.1 Å². The molecular formula is C29H35FN2O2. The van der Waals surface area contributed by atoms with Crippen LogP contribution in [0.25, 0.3) is 17.0 Å². The number of aryl methyl sites for hydroxylation is 2. The minimum absolute atomic E-state index is 0.00836. The van der Waals surface area contributed by atoms with Crippen molar-refractivity contribution in [3.63, 3.8) is 0 Å². The number of aliphatic hydroxyl groups excluding tert-OH is 1. The first-order valence-corrected chi connectivity index (χ1v) is 12.0. The fraction of sp³-hybridized carbons (Fsp3) is 0.345. The molecular weight excluding hydrogens is 427 g/mol. The quantitative estimate of drug-likeness (QED) is 0.353. The molecule has 34 heavy (non-hydrogen) atoms. The number of hydrogen-bond acceptors (Lipinski definition) is 4. The Morgan fingerprint density at radius 2 is 1.85 bits per heavy atom. The molecule has 0 bridgehead atoms. The van der Waals surface area contributed by atoms with E-state index < -0.39 is 0 Å². The number of rotatable bonds is 12. The first-order chi connectivity index (χ1) is 16.5. The molecule has 0 amide bonds. The van der Waals surface area contributed by atoms with Gasteiger partial charge in [0, 0.05) is 29.9 Å².